The zero-order chi connectivity index (χ0) is 13.5. The van der Waals surface area contributed by atoms with E-state index >= 15 is 0 Å². The van der Waals surface area contributed by atoms with Crippen LogP contribution in [0.3, 0.4) is 0 Å². The summed E-state index contributed by atoms with van der Waals surface area (Å²) in [7, 11) is 0. The van der Waals surface area contributed by atoms with Gasteiger partial charge in [-0.3, -0.25) is 4.79 Å². The van der Waals surface area contributed by atoms with E-state index in [2.05, 4.69) is 32.9 Å². The highest BCUT2D eigenvalue weighted by Crippen LogP contribution is 2.28. The molecule has 0 aromatic heterocycles. The second kappa shape index (κ2) is 7.40. The zero-order valence-corrected chi connectivity index (χ0v) is 12.3. The van der Waals surface area contributed by atoms with E-state index in [0.29, 0.717) is 5.92 Å². The lowest BCUT2D eigenvalue weighted by atomic mass is 9.85. The molecule has 1 amide bonds. The molecule has 1 aliphatic carbocycles. The van der Waals surface area contributed by atoms with Gasteiger partial charge in [0.2, 0.25) is 5.91 Å². The molecule has 0 radical (unpaired) electrons. The lowest BCUT2D eigenvalue weighted by Gasteiger charge is -2.23. The van der Waals surface area contributed by atoms with Crippen LogP contribution in [0.25, 0.3) is 0 Å². The highest BCUT2D eigenvalue weighted by atomic mass is 16.2. The second-order valence-electron chi connectivity index (χ2n) is 5.43. The Morgan fingerprint density at radius 2 is 2.22 bits per heavy atom. The Kier molecular flexibility index (Phi) is 6.17. The minimum Gasteiger partial charge on any atom is -0.339 e. The van der Waals surface area contributed by atoms with Crippen molar-refractivity contribution in [3.05, 3.63) is 23.3 Å². The highest BCUT2D eigenvalue weighted by Gasteiger charge is 2.14. The number of nitrogens with zero attached hydrogens (tertiary/aromatic N) is 1. The van der Waals surface area contributed by atoms with E-state index in [1.54, 1.807) is 6.92 Å². The number of rotatable bonds is 5. The van der Waals surface area contributed by atoms with Crippen molar-refractivity contribution in [2.45, 2.75) is 53.4 Å². The van der Waals surface area contributed by atoms with Crippen molar-refractivity contribution in [3.8, 4) is 0 Å². The maximum absolute atomic E-state index is 11.5. The van der Waals surface area contributed by atoms with Gasteiger partial charge in [0.1, 0.15) is 0 Å². The van der Waals surface area contributed by atoms with Crippen LogP contribution in [0.4, 0.5) is 0 Å². The average Bonchev–Trinajstić information content (AvgIpc) is 2.34. The molecule has 1 atom stereocenters. The van der Waals surface area contributed by atoms with Crippen LogP contribution in [-0.2, 0) is 4.79 Å². The van der Waals surface area contributed by atoms with Crippen LogP contribution in [0.15, 0.2) is 23.3 Å². The SMILES string of the molecule is CCCN(CC=C(C)C1CC=C(C)CC1)C(C)=O. The summed E-state index contributed by atoms with van der Waals surface area (Å²) in [6.07, 6.45) is 9.29. The van der Waals surface area contributed by atoms with E-state index in [9.17, 15) is 4.79 Å². The number of allylic oxidation sites excluding steroid dienone is 3. The maximum atomic E-state index is 11.5. The summed E-state index contributed by atoms with van der Waals surface area (Å²) < 4.78 is 0. The topological polar surface area (TPSA) is 20.3 Å². The maximum Gasteiger partial charge on any atom is 0.219 e. The Labute approximate surface area is 112 Å². The molecule has 2 nitrogen and oxygen atoms in total. The van der Waals surface area contributed by atoms with Crippen molar-refractivity contribution in [1.29, 1.82) is 0 Å². The molecular formula is C16H27NO. The van der Waals surface area contributed by atoms with Crippen molar-refractivity contribution in [2.24, 2.45) is 5.92 Å². The summed E-state index contributed by atoms with van der Waals surface area (Å²) in [5.41, 5.74) is 2.97. The van der Waals surface area contributed by atoms with Gasteiger partial charge in [0.05, 0.1) is 0 Å². The van der Waals surface area contributed by atoms with Crippen LogP contribution in [0, 0.1) is 5.92 Å². The summed E-state index contributed by atoms with van der Waals surface area (Å²) in [5.74, 6) is 0.865. The fraction of sp³-hybridized carbons (Fsp3) is 0.688. The van der Waals surface area contributed by atoms with Gasteiger partial charge < -0.3 is 4.90 Å². The lowest BCUT2D eigenvalue weighted by molar-refractivity contribution is -0.128. The summed E-state index contributed by atoms with van der Waals surface area (Å²) in [6, 6.07) is 0. The van der Waals surface area contributed by atoms with Crippen LogP contribution >= 0.6 is 0 Å². The fourth-order valence-electron chi connectivity index (χ4n) is 2.45. The third-order valence-electron chi connectivity index (χ3n) is 3.85. The van der Waals surface area contributed by atoms with E-state index < -0.39 is 0 Å². The molecule has 1 unspecified atom stereocenters. The Balaban J connectivity index is 2.52. The van der Waals surface area contributed by atoms with Crippen molar-refractivity contribution in [1.82, 2.24) is 4.90 Å². The number of amides is 1. The third-order valence-corrected chi connectivity index (χ3v) is 3.85. The highest BCUT2D eigenvalue weighted by molar-refractivity contribution is 5.73. The number of carbonyl (C=O) groups is 1. The summed E-state index contributed by atoms with van der Waals surface area (Å²) in [6.45, 7) is 9.83. The predicted molar refractivity (Wildman–Crippen MR) is 77.4 cm³/mol. The molecule has 0 aliphatic heterocycles. The lowest BCUT2D eigenvalue weighted by Crippen LogP contribution is -2.29. The van der Waals surface area contributed by atoms with Crippen molar-refractivity contribution in [3.63, 3.8) is 0 Å². The van der Waals surface area contributed by atoms with Crippen LogP contribution in [0.1, 0.15) is 53.4 Å². The van der Waals surface area contributed by atoms with E-state index in [4.69, 9.17) is 0 Å². The third kappa shape index (κ3) is 4.67. The van der Waals surface area contributed by atoms with Crippen molar-refractivity contribution >= 4 is 5.91 Å². The standard InChI is InChI=1S/C16H27NO/c1-5-11-17(15(4)18)12-10-14(3)16-8-6-13(2)7-9-16/h6,10,16H,5,7-9,11-12H2,1-4H3. The molecule has 2 heteroatoms. The Bertz CT molecular complexity index is 341. The van der Waals surface area contributed by atoms with Crippen molar-refractivity contribution < 1.29 is 4.79 Å². The number of hydrogen-bond acceptors (Lipinski definition) is 1. The Morgan fingerprint density at radius 3 is 2.72 bits per heavy atom. The molecule has 0 aromatic carbocycles. The van der Waals surface area contributed by atoms with Crippen LogP contribution in [0.5, 0.6) is 0 Å². The molecule has 0 saturated heterocycles. The quantitative estimate of drug-likeness (QED) is 0.676. The number of hydrogen-bond donors (Lipinski definition) is 0. The molecule has 0 spiro atoms. The molecule has 1 aliphatic rings. The minimum absolute atomic E-state index is 0.181. The van der Waals surface area contributed by atoms with Gasteiger partial charge in [0.15, 0.2) is 0 Å². The smallest absolute Gasteiger partial charge is 0.219 e. The molecule has 18 heavy (non-hydrogen) atoms. The molecule has 0 fully saturated rings. The van der Waals surface area contributed by atoms with Gasteiger partial charge in [0, 0.05) is 20.0 Å². The first-order valence-corrected chi connectivity index (χ1v) is 7.12. The molecule has 102 valence electrons. The minimum atomic E-state index is 0.181. The molecule has 0 aromatic rings. The average molecular weight is 249 g/mol. The van der Waals surface area contributed by atoms with Gasteiger partial charge in [-0.2, -0.15) is 0 Å². The first-order chi connectivity index (χ1) is 8.54. The van der Waals surface area contributed by atoms with E-state index in [0.717, 1.165) is 19.5 Å². The van der Waals surface area contributed by atoms with E-state index in [1.807, 2.05) is 4.90 Å². The fourth-order valence-corrected chi connectivity index (χ4v) is 2.45. The van der Waals surface area contributed by atoms with Gasteiger partial charge in [-0.25, -0.2) is 0 Å². The Hall–Kier alpha value is -1.05. The first-order valence-electron chi connectivity index (χ1n) is 7.12. The van der Waals surface area contributed by atoms with Gasteiger partial charge in [-0.05, 0) is 45.4 Å². The van der Waals surface area contributed by atoms with Crippen LogP contribution < -0.4 is 0 Å². The molecule has 0 saturated carbocycles. The number of carbonyl (C=O) groups excluding carboxylic acids is 1. The summed E-state index contributed by atoms with van der Waals surface area (Å²) in [5, 5.41) is 0. The second-order valence-corrected chi connectivity index (χ2v) is 5.43. The largest absolute Gasteiger partial charge is 0.339 e. The summed E-state index contributed by atoms with van der Waals surface area (Å²) in [4.78, 5) is 13.4. The molecular weight excluding hydrogens is 222 g/mol. The molecule has 0 bridgehead atoms. The van der Waals surface area contributed by atoms with Crippen LogP contribution in [-0.4, -0.2) is 23.9 Å². The van der Waals surface area contributed by atoms with E-state index in [1.165, 1.54) is 30.4 Å². The van der Waals surface area contributed by atoms with Crippen molar-refractivity contribution in [2.75, 3.05) is 13.1 Å². The van der Waals surface area contributed by atoms with Gasteiger partial charge in [-0.15, -0.1) is 0 Å². The monoisotopic (exact) mass is 249 g/mol. The molecule has 0 N–H and O–H groups in total. The zero-order valence-electron chi connectivity index (χ0n) is 12.3. The first kappa shape index (κ1) is 15.0. The van der Waals surface area contributed by atoms with Gasteiger partial charge in [-0.1, -0.05) is 30.2 Å². The Morgan fingerprint density at radius 1 is 1.50 bits per heavy atom. The summed E-state index contributed by atoms with van der Waals surface area (Å²) >= 11 is 0. The normalized spacial score (nSPS) is 20.6. The van der Waals surface area contributed by atoms with Crippen LogP contribution in [0.2, 0.25) is 0 Å². The van der Waals surface area contributed by atoms with Gasteiger partial charge in [0.25, 0.3) is 0 Å². The van der Waals surface area contributed by atoms with E-state index in [-0.39, 0.29) is 5.91 Å². The molecule has 0 heterocycles. The van der Waals surface area contributed by atoms with Gasteiger partial charge >= 0.3 is 0 Å². The molecule has 1 rings (SSSR count). The predicted octanol–water partition coefficient (Wildman–Crippen LogP) is 3.94.